The van der Waals surface area contributed by atoms with Gasteiger partial charge in [-0.2, -0.15) is 10.2 Å². The number of nitriles is 1. The number of piperazine rings is 1. The minimum absolute atomic E-state index is 0.286. The summed E-state index contributed by atoms with van der Waals surface area (Å²) in [6, 6.07) is 13.6. The van der Waals surface area contributed by atoms with Crippen LogP contribution in [0.4, 0.5) is 5.88 Å². The molecule has 3 heterocycles. The molecule has 28 heavy (non-hydrogen) atoms. The predicted molar refractivity (Wildman–Crippen MR) is 104 cm³/mol. The van der Waals surface area contributed by atoms with Crippen molar-refractivity contribution in [2.45, 2.75) is 13.5 Å². The van der Waals surface area contributed by atoms with E-state index in [-0.39, 0.29) is 5.69 Å². The molecular weight excluding hydrogens is 356 g/mol. The smallest absolute Gasteiger partial charge is 0.266 e. The number of aryl methyl sites for hydroxylation is 1. The Labute approximate surface area is 163 Å². The van der Waals surface area contributed by atoms with Crippen LogP contribution < -0.4 is 9.64 Å². The van der Waals surface area contributed by atoms with Gasteiger partial charge in [-0.15, -0.1) is 0 Å². The van der Waals surface area contributed by atoms with Gasteiger partial charge < -0.3 is 23.4 Å². The Bertz CT molecular complexity index is 993. The van der Waals surface area contributed by atoms with Gasteiger partial charge in [0.1, 0.15) is 24.2 Å². The van der Waals surface area contributed by atoms with Gasteiger partial charge in [0.15, 0.2) is 5.76 Å². The number of aromatic nitrogens is 1. The van der Waals surface area contributed by atoms with Gasteiger partial charge in [0.05, 0.1) is 0 Å². The molecule has 7 nitrogen and oxygen atoms in total. The molecule has 0 bridgehead atoms. The molecule has 0 amide bonds. The van der Waals surface area contributed by atoms with Crippen molar-refractivity contribution in [1.82, 2.24) is 9.88 Å². The molecule has 0 saturated carbocycles. The van der Waals surface area contributed by atoms with E-state index in [1.54, 1.807) is 6.07 Å². The normalized spacial score (nSPS) is 14.8. The predicted octanol–water partition coefficient (Wildman–Crippen LogP) is 3.45. The second kappa shape index (κ2) is 7.79. The third-order valence-corrected chi connectivity index (χ3v) is 4.84. The molecule has 0 aliphatic carbocycles. The summed E-state index contributed by atoms with van der Waals surface area (Å²) in [4.78, 5) is 8.62. The molecule has 144 valence electrons. The maximum Gasteiger partial charge on any atom is 0.266 e. The zero-order valence-corrected chi connectivity index (χ0v) is 16.0. The number of hydrogen-bond acceptors (Lipinski definition) is 7. The number of para-hydroxylation sites is 1. The highest BCUT2D eigenvalue weighted by molar-refractivity contribution is 5.56. The molecule has 0 N–H and O–H groups in total. The summed E-state index contributed by atoms with van der Waals surface area (Å²) in [6.07, 6.45) is 0. The SMILES string of the molecule is Cc1ccccc1OCc1ccc(-c2nc(C#N)c(N3CCN(C)CC3)o2)o1. The number of likely N-dealkylation sites (N-methyl/N-ethyl adjacent to an activating group) is 1. The fraction of sp³-hybridized carbons (Fsp3) is 0.333. The molecule has 7 heteroatoms. The van der Waals surface area contributed by atoms with E-state index in [0.29, 0.717) is 29.9 Å². The first-order valence-electron chi connectivity index (χ1n) is 9.26. The number of benzene rings is 1. The van der Waals surface area contributed by atoms with Crippen LogP contribution in [0, 0.1) is 18.3 Å². The highest BCUT2D eigenvalue weighted by atomic mass is 16.5. The van der Waals surface area contributed by atoms with E-state index in [9.17, 15) is 5.26 Å². The van der Waals surface area contributed by atoms with Crippen LogP contribution in [-0.4, -0.2) is 43.1 Å². The number of ether oxygens (including phenoxy) is 1. The summed E-state index contributed by atoms with van der Waals surface area (Å²) in [6.45, 7) is 5.74. The molecule has 1 aliphatic rings. The van der Waals surface area contributed by atoms with Crippen LogP contribution in [0.15, 0.2) is 45.2 Å². The monoisotopic (exact) mass is 378 g/mol. The van der Waals surface area contributed by atoms with Crippen LogP contribution in [-0.2, 0) is 6.61 Å². The van der Waals surface area contributed by atoms with Crippen molar-refractivity contribution in [3.63, 3.8) is 0 Å². The number of anilines is 1. The zero-order valence-electron chi connectivity index (χ0n) is 16.0. The average molecular weight is 378 g/mol. The van der Waals surface area contributed by atoms with Crippen molar-refractivity contribution in [1.29, 1.82) is 5.26 Å². The Morgan fingerprint density at radius 2 is 1.89 bits per heavy atom. The molecule has 1 aliphatic heterocycles. The Morgan fingerprint density at radius 1 is 1.11 bits per heavy atom. The summed E-state index contributed by atoms with van der Waals surface area (Å²) in [5.41, 5.74) is 1.35. The number of hydrogen-bond donors (Lipinski definition) is 0. The van der Waals surface area contributed by atoms with E-state index < -0.39 is 0 Å². The lowest BCUT2D eigenvalue weighted by Crippen LogP contribution is -2.44. The molecule has 2 aromatic heterocycles. The second-order valence-electron chi connectivity index (χ2n) is 6.90. The third kappa shape index (κ3) is 3.73. The average Bonchev–Trinajstić information content (AvgIpc) is 3.35. The molecule has 3 aromatic rings. The fourth-order valence-electron chi connectivity index (χ4n) is 3.15. The van der Waals surface area contributed by atoms with Crippen LogP contribution >= 0.6 is 0 Å². The first kappa shape index (κ1) is 18.1. The summed E-state index contributed by atoms with van der Waals surface area (Å²) < 4.78 is 17.5. The number of oxazole rings is 1. The van der Waals surface area contributed by atoms with Crippen molar-refractivity contribution >= 4 is 5.88 Å². The fourth-order valence-corrected chi connectivity index (χ4v) is 3.15. The maximum absolute atomic E-state index is 9.44. The number of nitrogens with zero attached hydrogens (tertiary/aromatic N) is 4. The molecule has 0 unspecified atom stereocenters. The quantitative estimate of drug-likeness (QED) is 0.673. The van der Waals surface area contributed by atoms with Crippen LogP contribution in [0.3, 0.4) is 0 Å². The van der Waals surface area contributed by atoms with Gasteiger partial charge in [0.2, 0.25) is 11.6 Å². The van der Waals surface area contributed by atoms with E-state index in [1.165, 1.54) is 0 Å². The van der Waals surface area contributed by atoms with E-state index in [0.717, 1.165) is 37.5 Å². The van der Waals surface area contributed by atoms with Crippen LogP contribution in [0.2, 0.25) is 0 Å². The van der Waals surface area contributed by atoms with Gasteiger partial charge in [-0.1, -0.05) is 18.2 Å². The molecular formula is C21H22N4O3. The Hall–Kier alpha value is -3.24. The van der Waals surface area contributed by atoms with E-state index in [2.05, 4.69) is 27.9 Å². The lowest BCUT2D eigenvalue weighted by atomic mass is 10.2. The summed E-state index contributed by atoms with van der Waals surface area (Å²) in [5, 5.41) is 9.44. The molecule has 1 fully saturated rings. The molecule has 0 radical (unpaired) electrons. The van der Waals surface area contributed by atoms with E-state index in [1.807, 2.05) is 37.3 Å². The lowest BCUT2D eigenvalue weighted by Gasteiger charge is -2.31. The van der Waals surface area contributed by atoms with E-state index >= 15 is 0 Å². The highest BCUT2D eigenvalue weighted by Gasteiger charge is 2.24. The number of rotatable bonds is 5. The minimum Gasteiger partial charge on any atom is -0.485 e. The van der Waals surface area contributed by atoms with Crippen molar-refractivity contribution in [3.05, 3.63) is 53.4 Å². The van der Waals surface area contributed by atoms with Gasteiger partial charge in [-0.25, -0.2) is 0 Å². The first-order valence-corrected chi connectivity index (χ1v) is 9.26. The Balaban J connectivity index is 1.49. The third-order valence-electron chi connectivity index (χ3n) is 4.84. The summed E-state index contributed by atoms with van der Waals surface area (Å²) in [5.74, 6) is 2.80. The number of furan rings is 1. The first-order chi connectivity index (χ1) is 13.6. The molecule has 0 atom stereocenters. The maximum atomic E-state index is 9.44. The van der Waals surface area contributed by atoms with E-state index in [4.69, 9.17) is 13.6 Å². The van der Waals surface area contributed by atoms with Crippen molar-refractivity contribution in [3.8, 4) is 23.5 Å². The summed E-state index contributed by atoms with van der Waals surface area (Å²) >= 11 is 0. The van der Waals surface area contributed by atoms with Gasteiger partial charge in [0, 0.05) is 26.2 Å². The topological polar surface area (TPSA) is 78.7 Å². The van der Waals surface area contributed by atoms with Gasteiger partial charge in [0.25, 0.3) is 5.89 Å². The van der Waals surface area contributed by atoms with Crippen molar-refractivity contribution < 1.29 is 13.6 Å². The Morgan fingerprint density at radius 3 is 2.64 bits per heavy atom. The minimum atomic E-state index is 0.286. The van der Waals surface area contributed by atoms with Crippen LogP contribution in [0.1, 0.15) is 17.0 Å². The van der Waals surface area contributed by atoms with Crippen molar-refractivity contribution in [2.75, 3.05) is 38.1 Å². The molecule has 1 aromatic carbocycles. The van der Waals surface area contributed by atoms with Crippen molar-refractivity contribution in [2.24, 2.45) is 0 Å². The van der Waals surface area contributed by atoms with Gasteiger partial charge in [-0.05, 0) is 37.7 Å². The zero-order chi connectivity index (χ0) is 19.5. The highest BCUT2D eigenvalue weighted by Crippen LogP contribution is 2.30. The largest absolute Gasteiger partial charge is 0.485 e. The molecule has 0 spiro atoms. The Kier molecular flexibility index (Phi) is 5.04. The van der Waals surface area contributed by atoms with Crippen LogP contribution in [0.25, 0.3) is 11.7 Å². The lowest BCUT2D eigenvalue weighted by molar-refractivity contribution is 0.269. The standard InChI is InChI=1S/C21H22N4O3/c1-15-5-3-4-6-18(15)26-14-16-7-8-19(27-16)20-23-17(13-22)21(28-20)25-11-9-24(2)10-12-25/h3-8H,9-12,14H2,1-2H3. The molecule has 1 saturated heterocycles. The second-order valence-corrected chi connectivity index (χ2v) is 6.90. The summed E-state index contributed by atoms with van der Waals surface area (Å²) in [7, 11) is 2.08. The van der Waals surface area contributed by atoms with Gasteiger partial charge in [-0.3, -0.25) is 0 Å². The van der Waals surface area contributed by atoms with Crippen LogP contribution in [0.5, 0.6) is 5.75 Å². The van der Waals surface area contributed by atoms with Gasteiger partial charge >= 0.3 is 0 Å². The molecule has 4 rings (SSSR count).